The Morgan fingerprint density at radius 1 is 0.943 bits per heavy atom. The number of carboxylic acids is 1. The first-order valence-corrected chi connectivity index (χ1v) is 11.3. The Morgan fingerprint density at radius 3 is 2.23 bits per heavy atom. The third kappa shape index (κ3) is 5.43. The number of carboxylic acid groups (broad SMARTS) is 1. The lowest BCUT2D eigenvalue weighted by molar-refractivity contribution is -0.137. The Bertz CT molecular complexity index is 1210. The molecule has 8 nitrogen and oxygen atoms in total. The van der Waals surface area contributed by atoms with Crippen LogP contribution < -0.4 is 15.4 Å². The van der Waals surface area contributed by atoms with Gasteiger partial charge in [-0.15, -0.1) is 0 Å². The minimum Gasteiger partial charge on any atom is -0.497 e. The van der Waals surface area contributed by atoms with Gasteiger partial charge in [0.1, 0.15) is 12.4 Å². The van der Waals surface area contributed by atoms with E-state index in [2.05, 4.69) is 22.8 Å². The van der Waals surface area contributed by atoms with Crippen molar-refractivity contribution in [1.29, 1.82) is 0 Å². The van der Waals surface area contributed by atoms with Crippen molar-refractivity contribution in [2.45, 2.75) is 18.8 Å². The topological polar surface area (TPSA) is 114 Å². The highest BCUT2D eigenvalue weighted by Gasteiger charge is 2.29. The van der Waals surface area contributed by atoms with Gasteiger partial charge in [-0.3, -0.25) is 14.9 Å². The summed E-state index contributed by atoms with van der Waals surface area (Å²) in [5, 5.41) is 14.1. The highest BCUT2D eigenvalue weighted by molar-refractivity contribution is 6.03. The molecule has 0 saturated carbocycles. The lowest BCUT2D eigenvalue weighted by Gasteiger charge is -2.16. The maximum atomic E-state index is 12.7. The molecule has 4 rings (SSSR count). The Morgan fingerprint density at radius 2 is 1.60 bits per heavy atom. The molecule has 2 amide bonds. The Labute approximate surface area is 202 Å². The van der Waals surface area contributed by atoms with E-state index in [4.69, 9.17) is 14.6 Å². The van der Waals surface area contributed by atoms with Gasteiger partial charge >= 0.3 is 12.1 Å². The third-order valence-electron chi connectivity index (χ3n) is 5.90. The molecular weight excluding hydrogens is 448 g/mol. The average Bonchev–Trinajstić information content (AvgIpc) is 3.18. The van der Waals surface area contributed by atoms with E-state index in [-0.39, 0.29) is 36.7 Å². The molecule has 0 aromatic heterocycles. The van der Waals surface area contributed by atoms with Gasteiger partial charge in [0.25, 0.3) is 5.91 Å². The number of aliphatic carboxylic acids is 1. The van der Waals surface area contributed by atoms with E-state index in [0.29, 0.717) is 12.2 Å². The standard InChI is InChI=1S/C27H26N2O6/c1-34-17-12-13-22(26(32)28-14-6-11-25(30)31)24(15-17)29-27(33)35-16-23-20-9-4-2-7-18(20)19-8-3-5-10-21(19)23/h2-5,7-10,12-13,15,23H,6,11,14,16H2,1H3,(H,28,32)(H,29,33)(H,30,31). The molecule has 8 heteroatoms. The molecule has 0 unspecified atom stereocenters. The molecule has 3 aromatic rings. The minimum atomic E-state index is -0.929. The zero-order chi connectivity index (χ0) is 24.8. The van der Waals surface area contributed by atoms with Crippen molar-refractivity contribution in [3.05, 3.63) is 83.4 Å². The van der Waals surface area contributed by atoms with Gasteiger partial charge in [0.2, 0.25) is 0 Å². The lowest BCUT2D eigenvalue weighted by Crippen LogP contribution is -2.27. The van der Waals surface area contributed by atoms with Gasteiger partial charge in [-0.1, -0.05) is 48.5 Å². The molecule has 3 aromatic carbocycles. The molecule has 0 atom stereocenters. The van der Waals surface area contributed by atoms with E-state index in [1.165, 1.54) is 19.2 Å². The molecule has 35 heavy (non-hydrogen) atoms. The van der Waals surface area contributed by atoms with Crippen molar-refractivity contribution >= 4 is 23.7 Å². The van der Waals surface area contributed by atoms with Crippen LogP contribution in [-0.2, 0) is 9.53 Å². The molecule has 0 bridgehead atoms. The zero-order valence-corrected chi connectivity index (χ0v) is 19.2. The quantitative estimate of drug-likeness (QED) is 0.389. The number of ether oxygens (including phenoxy) is 2. The molecule has 3 N–H and O–H groups in total. The number of methoxy groups -OCH3 is 1. The lowest BCUT2D eigenvalue weighted by atomic mass is 9.98. The van der Waals surface area contributed by atoms with Gasteiger partial charge in [-0.25, -0.2) is 4.79 Å². The predicted molar refractivity (Wildman–Crippen MR) is 131 cm³/mol. The van der Waals surface area contributed by atoms with E-state index in [9.17, 15) is 14.4 Å². The summed E-state index contributed by atoms with van der Waals surface area (Å²) in [6.07, 6.45) is -0.444. The van der Waals surface area contributed by atoms with Crippen LogP contribution >= 0.6 is 0 Å². The van der Waals surface area contributed by atoms with Crippen LogP contribution in [0.2, 0.25) is 0 Å². The van der Waals surface area contributed by atoms with Crippen molar-refractivity contribution in [1.82, 2.24) is 5.32 Å². The number of carbonyl (C=O) groups is 3. The number of fused-ring (bicyclic) bond motifs is 3. The molecular formula is C27H26N2O6. The number of nitrogens with one attached hydrogen (secondary N) is 2. The number of rotatable bonds is 9. The van der Waals surface area contributed by atoms with Crippen molar-refractivity contribution < 1.29 is 29.0 Å². The van der Waals surface area contributed by atoms with E-state index >= 15 is 0 Å². The summed E-state index contributed by atoms with van der Waals surface area (Å²) < 4.78 is 10.8. The number of benzene rings is 3. The SMILES string of the molecule is COc1ccc(C(=O)NCCCC(=O)O)c(NC(=O)OCC2c3ccccc3-c3ccccc32)c1. The predicted octanol–water partition coefficient (Wildman–Crippen LogP) is 4.65. The van der Waals surface area contributed by atoms with Crippen molar-refractivity contribution in [2.75, 3.05) is 25.6 Å². The fourth-order valence-electron chi connectivity index (χ4n) is 4.23. The van der Waals surface area contributed by atoms with Crippen molar-refractivity contribution in [3.63, 3.8) is 0 Å². The van der Waals surface area contributed by atoms with Gasteiger partial charge in [-0.2, -0.15) is 0 Å². The largest absolute Gasteiger partial charge is 0.497 e. The van der Waals surface area contributed by atoms with Crippen LogP contribution in [0.1, 0.15) is 40.2 Å². The van der Waals surface area contributed by atoms with Crippen LogP contribution in [-0.4, -0.2) is 43.3 Å². The molecule has 1 aliphatic rings. The molecule has 1 aliphatic carbocycles. The fourth-order valence-corrected chi connectivity index (χ4v) is 4.23. The van der Waals surface area contributed by atoms with E-state index in [0.717, 1.165) is 22.3 Å². The molecule has 180 valence electrons. The van der Waals surface area contributed by atoms with E-state index < -0.39 is 18.0 Å². The van der Waals surface area contributed by atoms with E-state index in [1.807, 2.05) is 36.4 Å². The molecule has 0 aliphatic heterocycles. The normalized spacial score (nSPS) is 11.8. The number of carbonyl (C=O) groups excluding carboxylic acids is 2. The van der Waals surface area contributed by atoms with Crippen molar-refractivity contribution in [3.8, 4) is 16.9 Å². The molecule has 0 spiro atoms. The first kappa shape index (κ1) is 23.8. The first-order chi connectivity index (χ1) is 17.0. The second-order valence-electron chi connectivity index (χ2n) is 8.12. The molecule has 0 radical (unpaired) electrons. The highest BCUT2D eigenvalue weighted by Crippen LogP contribution is 2.44. The van der Waals surface area contributed by atoms with Crippen LogP contribution in [0.15, 0.2) is 66.7 Å². The van der Waals surface area contributed by atoms with E-state index in [1.54, 1.807) is 6.07 Å². The highest BCUT2D eigenvalue weighted by atomic mass is 16.5. The second-order valence-corrected chi connectivity index (χ2v) is 8.12. The van der Waals surface area contributed by atoms with Gasteiger partial charge in [0.05, 0.1) is 18.4 Å². The Kier molecular flexibility index (Phi) is 7.30. The van der Waals surface area contributed by atoms with Crippen LogP contribution in [0.4, 0.5) is 10.5 Å². The van der Waals surface area contributed by atoms with Gasteiger partial charge in [0, 0.05) is 24.9 Å². The monoisotopic (exact) mass is 474 g/mol. The van der Waals surface area contributed by atoms with Crippen LogP contribution in [0.25, 0.3) is 11.1 Å². The summed E-state index contributed by atoms with van der Waals surface area (Å²) in [6, 6.07) is 20.8. The average molecular weight is 475 g/mol. The van der Waals surface area contributed by atoms with Gasteiger partial charge in [0.15, 0.2) is 0 Å². The first-order valence-electron chi connectivity index (χ1n) is 11.3. The number of hydrogen-bond acceptors (Lipinski definition) is 5. The number of amides is 2. The van der Waals surface area contributed by atoms with Crippen LogP contribution in [0.5, 0.6) is 5.75 Å². The smallest absolute Gasteiger partial charge is 0.411 e. The summed E-state index contributed by atoms with van der Waals surface area (Å²) in [7, 11) is 1.48. The third-order valence-corrected chi connectivity index (χ3v) is 5.90. The summed E-state index contributed by atoms with van der Waals surface area (Å²) in [4.78, 5) is 36.0. The number of hydrogen-bond donors (Lipinski definition) is 3. The summed E-state index contributed by atoms with van der Waals surface area (Å²) in [5.41, 5.74) is 4.92. The Hall–Kier alpha value is -4.33. The minimum absolute atomic E-state index is 0.0479. The summed E-state index contributed by atoms with van der Waals surface area (Å²) >= 11 is 0. The molecule has 0 saturated heterocycles. The van der Waals surface area contributed by atoms with Gasteiger partial charge < -0.3 is 19.9 Å². The molecule has 0 fully saturated rings. The van der Waals surface area contributed by atoms with Crippen molar-refractivity contribution in [2.24, 2.45) is 0 Å². The van der Waals surface area contributed by atoms with Gasteiger partial charge in [-0.05, 0) is 40.8 Å². The second kappa shape index (κ2) is 10.7. The summed E-state index contributed by atoms with van der Waals surface area (Å²) in [5.74, 6) is -0.995. The summed E-state index contributed by atoms with van der Waals surface area (Å²) in [6.45, 7) is 0.335. The maximum absolute atomic E-state index is 12.7. The number of anilines is 1. The maximum Gasteiger partial charge on any atom is 0.411 e. The zero-order valence-electron chi connectivity index (χ0n) is 19.2. The molecule has 0 heterocycles. The Balaban J connectivity index is 1.44. The van der Waals surface area contributed by atoms with Crippen LogP contribution in [0.3, 0.4) is 0 Å². The fraction of sp³-hybridized carbons (Fsp3) is 0.222. The van der Waals surface area contributed by atoms with Crippen LogP contribution in [0, 0.1) is 0 Å².